The van der Waals surface area contributed by atoms with Gasteiger partial charge in [0.15, 0.2) is 0 Å². The molecule has 140 valence electrons. The summed E-state index contributed by atoms with van der Waals surface area (Å²) >= 11 is 0. The van der Waals surface area contributed by atoms with Crippen molar-refractivity contribution >= 4 is 22.0 Å². The van der Waals surface area contributed by atoms with Crippen molar-refractivity contribution in [3.05, 3.63) is 0 Å². The van der Waals surface area contributed by atoms with Crippen LogP contribution in [-0.2, 0) is 19.6 Å². The first-order valence-electron chi connectivity index (χ1n) is 8.44. The fraction of sp³-hybridized carbons (Fsp3) is 0.867. The zero-order valence-corrected chi connectivity index (χ0v) is 15.6. The molecule has 2 amide bonds. The number of amides is 2. The highest BCUT2D eigenvalue weighted by atomic mass is 32.2. The van der Waals surface area contributed by atoms with E-state index in [0.717, 1.165) is 19.1 Å². The van der Waals surface area contributed by atoms with Crippen LogP contribution in [0.5, 0.6) is 0 Å². The first-order chi connectivity index (χ1) is 11.3. The molecule has 0 saturated carbocycles. The molecule has 1 heterocycles. The van der Waals surface area contributed by atoms with E-state index in [4.69, 9.17) is 4.74 Å². The molecule has 0 spiro atoms. The van der Waals surface area contributed by atoms with Gasteiger partial charge >= 0.3 is 6.09 Å². The fourth-order valence-corrected chi connectivity index (χ4v) is 3.77. The maximum Gasteiger partial charge on any atom is 0.409 e. The summed E-state index contributed by atoms with van der Waals surface area (Å²) in [5, 5.41) is 2.74. The lowest BCUT2D eigenvalue weighted by atomic mass is 10.1. The van der Waals surface area contributed by atoms with E-state index in [0.29, 0.717) is 39.1 Å². The highest BCUT2D eigenvalue weighted by molar-refractivity contribution is 7.88. The number of carbonyl (C=O) groups is 2. The van der Waals surface area contributed by atoms with E-state index in [-0.39, 0.29) is 24.6 Å². The van der Waals surface area contributed by atoms with Crippen LogP contribution in [0.4, 0.5) is 4.79 Å². The Morgan fingerprint density at radius 2 is 1.88 bits per heavy atom. The van der Waals surface area contributed by atoms with E-state index < -0.39 is 10.0 Å². The Morgan fingerprint density at radius 1 is 1.25 bits per heavy atom. The van der Waals surface area contributed by atoms with E-state index >= 15 is 0 Å². The summed E-state index contributed by atoms with van der Waals surface area (Å²) in [6.07, 6.45) is 3.55. The zero-order valence-electron chi connectivity index (χ0n) is 14.8. The van der Waals surface area contributed by atoms with Gasteiger partial charge < -0.3 is 15.0 Å². The molecule has 1 saturated heterocycles. The van der Waals surface area contributed by atoms with Crippen LogP contribution in [0.1, 0.15) is 39.5 Å². The normalized spacial score (nSPS) is 16.2. The Labute approximate surface area is 144 Å². The molecule has 1 N–H and O–H groups in total. The Bertz CT molecular complexity index is 515. The van der Waals surface area contributed by atoms with Gasteiger partial charge in [-0.15, -0.1) is 0 Å². The van der Waals surface area contributed by atoms with E-state index in [1.54, 1.807) is 11.8 Å². The number of hydrogen-bond donors (Lipinski definition) is 1. The second-order valence-electron chi connectivity index (χ2n) is 5.93. The Hall–Kier alpha value is -1.35. The number of rotatable bonds is 8. The molecule has 24 heavy (non-hydrogen) atoms. The molecule has 0 aromatic carbocycles. The molecule has 0 aromatic heterocycles. The molecule has 1 rings (SSSR count). The number of unbranched alkanes of at least 4 members (excludes halogenated alkanes) is 1. The third-order valence-electron chi connectivity index (χ3n) is 3.98. The summed E-state index contributed by atoms with van der Waals surface area (Å²) in [5.41, 5.74) is 0. The standard InChI is InChI=1S/C15H29N3O5S/c1-4-6-9-16-14(19)12-18(24(3,21)22)13-7-10-17(11-8-13)15(20)23-5-2/h13H,4-12H2,1-3H3,(H,16,19). The Kier molecular flexibility index (Phi) is 8.47. The molecule has 0 bridgehead atoms. The van der Waals surface area contributed by atoms with Crippen LogP contribution in [0, 0.1) is 0 Å². The van der Waals surface area contributed by atoms with Crippen LogP contribution < -0.4 is 5.32 Å². The SMILES string of the molecule is CCCCNC(=O)CN(C1CCN(C(=O)OCC)CC1)S(C)(=O)=O. The third kappa shape index (κ3) is 6.64. The van der Waals surface area contributed by atoms with Gasteiger partial charge in [-0.05, 0) is 26.2 Å². The number of piperidine rings is 1. The number of sulfonamides is 1. The van der Waals surface area contributed by atoms with Gasteiger partial charge in [0.1, 0.15) is 0 Å². The summed E-state index contributed by atoms with van der Waals surface area (Å²) in [6, 6.07) is -0.275. The molecule has 1 aliphatic heterocycles. The van der Waals surface area contributed by atoms with E-state index in [1.807, 2.05) is 6.92 Å². The monoisotopic (exact) mass is 363 g/mol. The largest absolute Gasteiger partial charge is 0.450 e. The average Bonchev–Trinajstić information content (AvgIpc) is 2.52. The highest BCUT2D eigenvalue weighted by Crippen LogP contribution is 2.19. The van der Waals surface area contributed by atoms with E-state index in [9.17, 15) is 18.0 Å². The van der Waals surface area contributed by atoms with Gasteiger partial charge in [-0.1, -0.05) is 13.3 Å². The second kappa shape index (κ2) is 9.83. The van der Waals surface area contributed by atoms with Crippen LogP contribution in [0.3, 0.4) is 0 Å². The van der Waals surface area contributed by atoms with Gasteiger partial charge in [-0.2, -0.15) is 4.31 Å². The van der Waals surface area contributed by atoms with Crippen molar-refractivity contribution in [2.45, 2.75) is 45.6 Å². The Balaban J connectivity index is 2.61. The summed E-state index contributed by atoms with van der Waals surface area (Å²) in [6.45, 7) is 5.30. The second-order valence-corrected chi connectivity index (χ2v) is 7.86. The lowest BCUT2D eigenvalue weighted by Crippen LogP contribution is -2.51. The molecule has 9 heteroatoms. The molecule has 1 aliphatic rings. The first kappa shape index (κ1) is 20.7. The molecular weight excluding hydrogens is 334 g/mol. The topological polar surface area (TPSA) is 96.0 Å². The van der Waals surface area contributed by atoms with Crippen molar-refractivity contribution < 1.29 is 22.7 Å². The predicted molar refractivity (Wildman–Crippen MR) is 91.1 cm³/mol. The first-order valence-corrected chi connectivity index (χ1v) is 10.3. The Morgan fingerprint density at radius 3 is 2.38 bits per heavy atom. The lowest BCUT2D eigenvalue weighted by molar-refractivity contribution is -0.121. The van der Waals surface area contributed by atoms with Crippen molar-refractivity contribution in [2.75, 3.05) is 39.0 Å². The molecule has 0 radical (unpaired) electrons. The molecule has 8 nitrogen and oxygen atoms in total. The van der Waals surface area contributed by atoms with Crippen molar-refractivity contribution in [1.82, 2.24) is 14.5 Å². The molecule has 0 aliphatic carbocycles. The van der Waals surface area contributed by atoms with Gasteiger partial charge in [0.25, 0.3) is 0 Å². The average molecular weight is 363 g/mol. The van der Waals surface area contributed by atoms with Gasteiger partial charge in [0.2, 0.25) is 15.9 Å². The summed E-state index contributed by atoms with van der Waals surface area (Å²) in [7, 11) is -3.50. The zero-order chi connectivity index (χ0) is 18.2. The summed E-state index contributed by atoms with van der Waals surface area (Å²) in [5.74, 6) is -0.290. The van der Waals surface area contributed by atoms with Crippen LogP contribution in [-0.4, -0.2) is 74.7 Å². The molecule has 0 unspecified atom stereocenters. The highest BCUT2D eigenvalue weighted by Gasteiger charge is 2.33. The molecule has 0 atom stereocenters. The van der Waals surface area contributed by atoms with Gasteiger partial charge in [0, 0.05) is 25.7 Å². The van der Waals surface area contributed by atoms with Gasteiger partial charge in [-0.25, -0.2) is 13.2 Å². The minimum atomic E-state index is -3.50. The smallest absolute Gasteiger partial charge is 0.409 e. The van der Waals surface area contributed by atoms with Crippen molar-refractivity contribution in [1.29, 1.82) is 0 Å². The number of hydrogen-bond acceptors (Lipinski definition) is 5. The number of likely N-dealkylation sites (tertiary alicyclic amines) is 1. The third-order valence-corrected chi connectivity index (χ3v) is 5.25. The van der Waals surface area contributed by atoms with Crippen LogP contribution >= 0.6 is 0 Å². The van der Waals surface area contributed by atoms with E-state index in [2.05, 4.69) is 5.32 Å². The number of nitrogens with zero attached hydrogens (tertiary/aromatic N) is 2. The quantitative estimate of drug-likeness (QED) is 0.643. The molecular formula is C15H29N3O5S. The molecule has 1 fully saturated rings. The van der Waals surface area contributed by atoms with Crippen LogP contribution in [0.15, 0.2) is 0 Å². The summed E-state index contributed by atoms with van der Waals surface area (Å²) < 4.78 is 30.3. The summed E-state index contributed by atoms with van der Waals surface area (Å²) in [4.78, 5) is 25.2. The fourth-order valence-electron chi connectivity index (χ4n) is 2.67. The maximum atomic E-state index is 12.1. The van der Waals surface area contributed by atoms with Crippen molar-refractivity contribution in [2.24, 2.45) is 0 Å². The predicted octanol–water partition coefficient (Wildman–Crippen LogP) is 0.785. The maximum absolute atomic E-state index is 12.1. The van der Waals surface area contributed by atoms with Crippen molar-refractivity contribution in [3.8, 4) is 0 Å². The minimum Gasteiger partial charge on any atom is -0.450 e. The van der Waals surface area contributed by atoms with Gasteiger partial charge in [0.05, 0.1) is 19.4 Å². The number of ether oxygens (including phenoxy) is 1. The van der Waals surface area contributed by atoms with Crippen LogP contribution in [0.2, 0.25) is 0 Å². The van der Waals surface area contributed by atoms with Gasteiger partial charge in [-0.3, -0.25) is 4.79 Å². The van der Waals surface area contributed by atoms with E-state index in [1.165, 1.54) is 4.31 Å². The minimum absolute atomic E-state index is 0.174. The van der Waals surface area contributed by atoms with Crippen LogP contribution in [0.25, 0.3) is 0 Å². The lowest BCUT2D eigenvalue weighted by Gasteiger charge is -2.36. The molecule has 0 aromatic rings. The van der Waals surface area contributed by atoms with Crippen molar-refractivity contribution in [3.63, 3.8) is 0 Å². The number of nitrogens with one attached hydrogen (secondary N) is 1. The number of carbonyl (C=O) groups excluding carboxylic acids is 2.